The van der Waals surface area contributed by atoms with E-state index in [-0.39, 0.29) is 0 Å². The molecule has 0 saturated carbocycles. The van der Waals surface area contributed by atoms with Crippen molar-refractivity contribution in [3.05, 3.63) is 0 Å². The molecule has 0 saturated heterocycles. The summed E-state index contributed by atoms with van der Waals surface area (Å²) in [6.07, 6.45) is 3.19. The molecule has 4 N–H and O–H groups in total. The lowest BCUT2D eigenvalue weighted by atomic mass is 10.5. The van der Waals surface area contributed by atoms with E-state index in [4.69, 9.17) is 5.73 Å². The van der Waals surface area contributed by atoms with Crippen LogP contribution in [0.25, 0.3) is 0 Å². The molecule has 68 valence electrons. The van der Waals surface area contributed by atoms with Crippen LogP contribution in [0, 0.1) is 0 Å². The summed E-state index contributed by atoms with van der Waals surface area (Å²) in [6.45, 7) is 0.887. The number of anilines is 2. The topological polar surface area (TPSA) is 79.6 Å². The largest absolute Gasteiger partial charge is 0.368 e. The third kappa shape index (κ3) is 3.00. The molecule has 0 aliphatic carbocycles. The first-order valence-corrected chi connectivity index (χ1v) is 5.13. The minimum atomic E-state index is 0.349. The first-order valence-electron chi connectivity index (χ1n) is 3.73. The SMILES string of the molecule is CSCCCNc1n[nH]c(N)n1. The Labute approximate surface area is 75.5 Å². The van der Waals surface area contributed by atoms with E-state index >= 15 is 0 Å². The Balaban J connectivity index is 2.15. The molecule has 1 heterocycles. The van der Waals surface area contributed by atoms with Crippen LogP contribution in [0.2, 0.25) is 0 Å². The number of H-pyrrole nitrogens is 1. The van der Waals surface area contributed by atoms with E-state index in [1.807, 2.05) is 11.8 Å². The van der Waals surface area contributed by atoms with Gasteiger partial charge in [0.2, 0.25) is 11.9 Å². The van der Waals surface area contributed by atoms with Crippen molar-refractivity contribution >= 4 is 23.7 Å². The molecule has 5 nitrogen and oxygen atoms in total. The van der Waals surface area contributed by atoms with Gasteiger partial charge in [0.1, 0.15) is 0 Å². The molecule has 0 aliphatic rings. The highest BCUT2D eigenvalue weighted by atomic mass is 32.2. The molecule has 12 heavy (non-hydrogen) atoms. The van der Waals surface area contributed by atoms with Crippen molar-refractivity contribution in [1.82, 2.24) is 15.2 Å². The normalized spacial score (nSPS) is 10.1. The van der Waals surface area contributed by atoms with E-state index in [2.05, 4.69) is 26.8 Å². The summed E-state index contributed by atoms with van der Waals surface area (Å²) in [5, 5.41) is 9.45. The average Bonchev–Trinajstić information content (AvgIpc) is 2.45. The summed E-state index contributed by atoms with van der Waals surface area (Å²) in [7, 11) is 0. The third-order valence-electron chi connectivity index (χ3n) is 1.31. The van der Waals surface area contributed by atoms with E-state index in [1.54, 1.807) is 0 Å². The van der Waals surface area contributed by atoms with Gasteiger partial charge in [-0.2, -0.15) is 16.7 Å². The maximum absolute atomic E-state index is 5.34. The molecule has 0 spiro atoms. The Morgan fingerprint density at radius 3 is 3.08 bits per heavy atom. The van der Waals surface area contributed by atoms with Crippen molar-refractivity contribution in [2.24, 2.45) is 0 Å². The lowest BCUT2D eigenvalue weighted by Gasteiger charge is -1.98. The zero-order chi connectivity index (χ0) is 8.81. The molecule has 0 atom stereocenters. The molecule has 0 aliphatic heterocycles. The number of hydrogen-bond acceptors (Lipinski definition) is 5. The van der Waals surface area contributed by atoms with Crippen molar-refractivity contribution in [1.29, 1.82) is 0 Å². The van der Waals surface area contributed by atoms with Gasteiger partial charge < -0.3 is 11.1 Å². The van der Waals surface area contributed by atoms with Gasteiger partial charge in [0.25, 0.3) is 0 Å². The maximum Gasteiger partial charge on any atom is 0.243 e. The molecule has 6 heteroatoms. The number of nitrogens with zero attached hydrogens (tertiary/aromatic N) is 2. The van der Waals surface area contributed by atoms with E-state index in [1.165, 1.54) is 0 Å². The molecule has 0 amide bonds. The average molecular weight is 187 g/mol. The number of thioether (sulfide) groups is 1. The smallest absolute Gasteiger partial charge is 0.243 e. The monoisotopic (exact) mass is 187 g/mol. The Hall–Kier alpha value is -0.910. The summed E-state index contributed by atoms with van der Waals surface area (Å²) in [5.74, 6) is 2.07. The van der Waals surface area contributed by atoms with E-state index < -0.39 is 0 Å². The molecule has 0 bridgehead atoms. The third-order valence-corrected chi connectivity index (χ3v) is 2.01. The molecule has 0 aromatic carbocycles. The zero-order valence-corrected chi connectivity index (χ0v) is 7.82. The molecular formula is C6H13N5S. The quantitative estimate of drug-likeness (QED) is 0.587. The fourth-order valence-electron chi connectivity index (χ4n) is 0.770. The second-order valence-electron chi connectivity index (χ2n) is 2.32. The van der Waals surface area contributed by atoms with Crippen LogP contribution in [0.15, 0.2) is 0 Å². The van der Waals surface area contributed by atoms with Gasteiger partial charge in [-0.3, -0.25) is 0 Å². The van der Waals surface area contributed by atoms with E-state index in [9.17, 15) is 0 Å². The number of hydrogen-bond donors (Lipinski definition) is 3. The van der Waals surface area contributed by atoms with Crippen molar-refractivity contribution in [3.8, 4) is 0 Å². The Kier molecular flexibility index (Phi) is 3.72. The summed E-state index contributed by atoms with van der Waals surface area (Å²) in [4.78, 5) is 3.90. The predicted molar refractivity (Wildman–Crippen MR) is 52.3 cm³/mol. The molecule has 0 fully saturated rings. The Morgan fingerprint density at radius 1 is 1.67 bits per heavy atom. The second kappa shape index (κ2) is 4.87. The summed E-state index contributed by atoms with van der Waals surface area (Å²) >= 11 is 1.83. The Bertz CT molecular complexity index is 223. The highest BCUT2D eigenvalue weighted by molar-refractivity contribution is 7.98. The Morgan fingerprint density at radius 2 is 2.50 bits per heavy atom. The van der Waals surface area contributed by atoms with Crippen LogP contribution in [0.1, 0.15) is 6.42 Å². The second-order valence-corrected chi connectivity index (χ2v) is 3.30. The number of nitrogens with two attached hydrogens (primary N) is 1. The number of aromatic nitrogens is 3. The van der Waals surface area contributed by atoms with Gasteiger partial charge in [0, 0.05) is 6.54 Å². The number of nitrogens with one attached hydrogen (secondary N) is 2. The first-order chi connectivity index (χ1) is 5.83. The lowest BCUT2D eigenvalue weighted by molar-refractivity contribution is 0.964. The minimum absolute atomic E-state index is 0.349. The van der Waals surface area contributed by atoms with Crippen LogP contribution in [0.5, 0.6) is 0 Å². The van der Waals surface area contributed by atoms with Crippen LogP contribution in [0.3, 0.4) is 0 Å². The number of aromatic amines is 1. The fourth-order valence-corrected chi connectivity index (χ4v) is 1.20. The van der Waals surface area contributed by atoms with Crippen molar-refractivity contribution in [2.75, 3.05) is 29.6 Å². The highest BCUT2D eigenvalue weighted by Gasteiger charge is 1.96. The summed E-state index contributed by atoms with van der Waals surface area (Å²) in [6, 6.07) is 0. The molecular weight excluding hydrogens is 174 g/mol. The van der Waals surface area contributed by atoms with Crippen LogP contribution in [0.4, 0.5) is 11.9 Å². The molecule has 0 radical (unpaired) electrons. The standard InChI is InChI=1S/C6H13N5S/c1-12-4-2-3-8-6-9-5(7)10-11-6/h2-4H2,1H3,(H4,7,8,9,10,11). The molecule has 1 aromatic heterocycles. The van der Waals surface area contributed by atoms with Gasteiger partial charge in [-0.25, -0.2) is 5.10 Å². The van der Waals surface area contributed by atoms with Crippen molar-refractivity contribution in [3.63, 3.8) is 0 Å². The van der Waals surface area contributed by atoms with E-state index in [0.717, 1.165) is 18.7 Å². The number of rotatable bonds is 5. The van der Waals surface area contributed by atoms with Gasteiger partial charge >= 0.3 is 0 Å². The molecule has 1 rings (SSSR count). The summed E-state index contributed by atoms with van der Waals surface area (Å²) < 4.78 is 0. The zero-order valence-electron chi connectivity index (χ0n) is 7.00. The predicted octanol–water partition coefficient (Wildman–Crippen LogP) is 0.552. The first kappa shape index (κ1) is 9.18. The van der Waals surface area contributed by atoms with Gasteiger partial charge in [-0.15, -0.1) is 5.10 Å². The van der Waals surface area contributed by atoms with Crippen LogP contribution in [-0.4, -0.2) is 33.7 Å². The van der Waals surface area contributed by atoms with Gasteiger partial charge in [-0.05, 0) is 18.4 Å². The lowest BCUT2D eigenvalue weighted by Crippen LogP contribution is -2.03. The van der Waals surface area contributed by atoms with Crippen molar-refractivity contribution < 1.29 is 0 Å². The van der Waals surface area contributed by atoms with Crippen molar-refractivity contribution in [2.45, 2.75) is 6.42 Å². The minimum Gasteiger partial charge on any atom is -0.368 e. The maximum atomic E-state index is 5.34. The summed E-state index contributed by atoms with van der Waals surface area (Å²) in [5.41, 5.74) is 5.34. The van der Waals surface area contributed by atoms with Crippen LogP contribution in [-0.2, 0) is 0 Å². The van der Waals surface area contributed by atoms with Gasteiger partial charge in [0.05, 0.1) is 0 Å². The molecule has 0 unspecified atom stereocenters. The number of nitrogen functional groups attached to an aromatic ring is 1. The van der Waals surface area contributed by atoms with Gasteiger partial charge in [-0.1, -0.05) is 0 Å². The van der Waals surface area contributed by atoms with Crippen LogP contribution >= 0.6 is 11.8 Å². The van der Waals surface area contributed by atoms with E-state index in [0.29, 0.717) is 11.9 Å². The van der Waals surface area contributed by atoms with Gasteiger partial charge in [0.15, 0.2) is 0 Å². The molecule has 1 aromatic rings. The fraction of sp³-hybridized carbons (Fsp3) is 0.667. The van der Waals surface area contributed by atoms with Crippen LogP contribution < -0.4 is 11.1 Å². The highest BCUT2D eigenvalue weighted by Crippen LogP contribution is 2.00.